The van der Waals surface area contributed by atoms with Crippen molar-refractivity contribution in [1.29, 1.82) is 0 Å². The summed E-state index contributed by atoms with van der Waals surface area (Å²) in [7, 11) is -1.72. The van der Waals surface area contributed by atoms with Gasteiger partial charge < -0.3 is 5.32 Å². The zero-order chi connectivity index (χ0) is 15.5. The normalized spacial score (nSPS) is 20.4. The summed E-state index contributed by atoms with van der Waals surface area (Å²) >= 11 is 9.22. The second kappa shape index (κ2) is 7.28. The number of rotatable bonds is 5. The first kappa shape index (κ1) is 17.0. The molecule has 0 bridgehead atoms. The highest BCUT2D eigenvalue weighted by molar-refractivity contribution is 9.10. The Kier molecular flexibility index (Phi) is 5.90. The van der Waals surface area contributed by atoms with Gasteiger partial charge in [0, 0.05) is 23.6 Å². The third-order valence-corrected chi connectivity index (χ3v) is 6.29. The Morgan fingerprint density at radius 2 is 2.19 bits per heavy atom. The molecule has 1 aromatic rings. The number of anilines is 1. The Labute approximate surface area is 139 Å². The van der Waals surface area contributed by atoms with E-state index in [0.717, 1.165) is 19.3 Å². The molecule has 1 fully saturated rings. The number of benzene rings is 1. The van der Waals surface area contributed by atoms with E-state index in [2.05, 4.69) is 26.0 Å². The van der Waals surface area contributed by atoms with E-state index >= 15 is 0 Å². The van der Waals surface area contributed by atoms with Gasteiger partial charge in [0.05, 0.1) is 10.7 Å². The number of piperidine rings is 1. The van der Waals surface area contributed by atoms with E-state index in [0.29, 0.717) is 28.3 Å². The lowest BCUT2D eigenvalue weighted by molar-refractivity contribution is 0.250. The molecule has 2 rings (SSSR count). The molecule has 8 heteroatoms. The monoisotopic (exact) mass is 395 g/mol. The number of hydrogen-bond acceptors (Lipinski definition) is 3. The molecular formula is C13H19BrClN3O2S. The Hall–Kier alpha value is -0.340. The number of nitrogens with one attached hydrogen (secondary N) is 2. The Morgan fingerprint density at radius 3 is 2.86 bits per heavy atom. The summed E-state index contributed by atoms with van der Waals surface area (Å²) in [6, 6.07) is 4.97. The first-order chi connectivity index (χ1) is 9.94. The van der Waals surface area contributed by atoms with Crippen molar-refractivity contribution >= 4 is 43.4 Å². The predicted octanol–water partition coefficient (Wildman–Crippen LogP) is 2.83. The molecule has 0 aliphatic carbocycles. The minimum Gasteiger partial charge on any atom is -0.318 e. The average Bonchev–Trinajstić information content (AvgIpc) is 2.43. The first-order valence-electron chi connectivity index (χ1n) is 6.83. The van der Waals surface area contributed by atoms with Crippen molar-refractivity contribution in [1.82, 2.24) is 9.62 Å². The number of halogens is 2. The topological polar surface area (TPSA) is 61.4 Å². The summed E-state index contributed by atoms with van der Waals surface area (Å²) in [5.74, 6) is 0. The molecule has 2 N–H and O–H groups in total. The van der Waals surface area contributed by atoms with Crippen LogP contribution in [0.25, 0.3) is 0 Å². The maximum absolute atomic E-state index is 12.6. The molecule has 1 aliphatic heterocycles. The van der Waals surface area contributed by atoms with Gasteiger partial charge in [-0.25, -0.2) is 0 Å². The highest BCUT2D eigenvalue weighted by Gasteiger charge is 2.31. The standard InChI is InChI=1S/C13H19BrClN3O2S/c1-16-9-11-4-2-3-7-18(11)21(19,20)17-10-5-6-13(15)12(14)8-10/h5-6,8,11,16-17H,2-4,7,9H2,1H3. The lowest BCUT2D eigenvalue weighted by Gasteiger charge is -2.34. The van der Waals surface area contributed by atoms with Gasteiger partial charge in [-0.15, -0.1) is 0 Å². The molecule has 118 valence electrons. The van der Waals surface area contributed by atoms with Gasteiger partial charge in [0.15, 0.2) is 0 Å². The van der Waals surface area contributed by atoms with Crippen molar-refractivity contribution in [3.63, 3.8) is 0 Å². The third kappa shape index (κ3) is 4.32. The maximum Gasteiger partial charge on any atom is 0.301 e. The maximum atomic E-state index is 12.6. The summed E-state index contributed by atoms with van der Waals surface area (Å²) in [5.41, 5.74) is 0.500. The zero-order valence-electron chi connectivity index (χ0n) is 11.8. The minimum atomic E-state index is -3.56. The van der Waals surface area contributed by atoms with E-state index < -0.39 is 10.2 Å². The van der Waals surface area contributed by atoms with Gasteiger partial charge in [-0.3, -0.25) is 4.72 Å². The molecule has 21 heavy (non-hydrogen) atoms. The molecule has 0 spiro atoms. The second-order valence-corrected chi connectivity index (χ2v) is 7.94. The van der Waals surface area contributed by atoms with Crippen LogP contribution >= 0.6 is 27.5 Å². The molecule has 5 nitrogen and oxygen atoms in total. The molecule has 0 radical (unpaired) electrons. The summed E-state index contributed by atoms with van der Waals surface area (Å²) in [6.07, 6.45) is 2.84. The van der Waals surface area contributed by atoms with E-state index in [-0.39, 0.29) is 6.04 Å². The summed E-state index contributed by atoms with van der Waals surface area (Å²) in [6.45, 7) is 1.21. The minimum absolute atomic E-state index is 0.00279. The van der Waals surface area contributed by atoms with Crippen LogP contribution < -0.4 is 10.0 Å². The van der Waals surface area contributed by atoms with E-state index in [1.54, 1.807) is 22.5 Å². The molecule has 0 saturated carbocycles. The lowest BCUT2D eigenvalue weighted by atomic mass is 10.1. The highest BCUT2D eigenvalue weighted by Crippen LogP contribution is 2.27. The van der Waals surface area contributed by atoms with Crippen molar-refractivity contribution < 1.29 is 8.42 Å². The van der Waals surface area contributed by atoms with Gasteiger partial charge in [-0.05, 0) is 54.0 Å². The van der Waals surface area contributed by atoms with Crippen molar-refractivity contribution in [2.24, 2.45) is 0 Å². The van der Waals surface area contributed by atoms with Gasteiger partial charge in [-0.1, -0.05) is 18.0 Å². The van der Waals surface area contributed by atoms with Crippen molar-refractivity contribution in [2.75, 3.05) is 24.9 Å². The number of hydrogen-bond donors (Lipinski definition) is 2. The van der Waals surface area contributed by atoms with E-state index in [1.807, 2.05) is 7.05 Å². The van der Waals surface area contributed by atoms with Crippen LogP contribution in [0.15, 0.2) is 22.7 Å². The van der Waals surface area contributed by atoms with Crippen molar-refractivity contribution in [3.8, 4) is 0 Å². The second-order valence-electron chi connectivity index (χ2n) is 5.05. The van der Waals surface area contributed by atoms with Gasteiger partial charge in [0.2, 0.25) is 0 Å². The van der Waals surface area contributed by atoms with Crippen molar-refractivity contribution in [2.45, 2.75) is 25.3 Å². The van der Waals surface area contributed by atoms with Gasteiger partial charge in [0.1, 0.15) is 0 Å². The fourth-order valence-corrected chi connectivity index (χ4v) is 4.48. The smallest absolute Gasteiger partial charge is 0.301 e. The molecule has 0 aromatic heterocycles. The van der Waals surface area contributed by atoms with Crippen LogP contribution in [0.5, 0.6) is 0 Å². The predicted molar refractivity (Wildman–Crippen MR) is 90.0 cm³/mol. The van der Waals surface area contributed by atoms with Gasteiger partial charge >= 0.3 is 10.2 Å². The molecule has 1 aliphatic rings. The van der Waals surface area contributed by atoms with Crippen LogP contribution in [0.4, 0.5) is 5.69 Å². The van der Waals surface area contributed by atoms with Crippen LogP contribution in [0.2, 0.25) is 5.02 Å². The van der Waals surface area contributed by atoms with E-state index in [4.69, 9.17) is 11.6 Å². The lowest BCUT2D eigenvalue weighted by Crippen LogP contribution is -2.49. The molecule has 1 heterocycles. The molecule has 1 atom stereocenters. The Bertz CT molecular complexity index is 595. The summed E-state index contributed by atoms with van der Waals surface area (Å²) in [5, 5.41) is 3.61. The molecule has 0 amide bonds. The quantitative estimate of drug-likeness (QED) is 0.804. The largest absolute Gasteiger partial charge is 0.318 e. The Morgan fingerprint density at radius 1 is 1.43 bits per heavy atom. The van der Waals surface area contributed by atoms with Crippen molar-refractivity contribution in [3.05, 3.63) is 27.7 Å². The molecular weight excluding hydrogens is 378 g/mol. The zero-order valence-corrected chi connectivity index (χ0v) is 14.9. The number of likely N-dealkylation sites (N-methyl/N-ethyl adjacent to an activating group) is 1. The molecule has 1 unspecified atom stereocenters. The SMILES string of the molecule is CNCC1CCCCN1S(=O)(=O)Nc1ccc(Cl)c(Br)c1. The van der Waals surface area contributed by atoms with Crippen LogP contribution in [0, 0.1) is 0 Å². The fourth-order valence-electron chi connectivity index (χ4n) is 2.50. The van der Waals surface area contributed by atoms with E-state index in [1.165, 1.54) is 0 Å². The summed E-state index contributed by atoms with van der Waals surface area (Å²) < 4.78 is 30.0. The van der Waals surface area contributed by atoms with Crippen LogP contribution in [0.3, 0.4) is 0 Å². The molecule has 1 saturated heterocycles. The summed E-state index contributed by atoms with van der Waals surface area (Å²) in [4.78, 5) is 0. The van der Waals surface area contributed by atoms with E-state index in [9.17, 15) is 8.42 Å². The highest BCUT2D eigenvalue weighted by atomic mass is 79.9. The third-order valence-electron chi connectivity index (χ3n) is 3.49. The number of nitrogens with zero attached hydrogens (tertiary/aromatic N) is 1. The van der Waals surface area contributed by atoms with Gasteiger partial charge in [-0.2, -0.15) is 12.7 Å². The van der Waals surface area contributed by atoms with Crippen LogP contribution in [-0.2, 0) is 10.2 Å². The first-order valence-corrected chi connectivity index (χ1v) is 9.44. The van der Waals surface area contributed by atoms with Crippen LogP contribution in [-0.4, -0.2) is 38.9 Å². The average molecular weight is 397 g/mol. The molecule has 1 aromatic carbocycles. The fraction of sp³-hybridized carbons (Fsp3) is 0.538. The van der Waals surface area contributed by atoms with Gasteiger partial charge in [0.25, 0.3) is 0 Å². The Balaban J connectivity index is 2.17. The van der Waals surface area contributed by atoms with Crippen LogP contribution in [0.1, 0.15) is 19.3 Å².